The largest absolute Gasteiger partial charge is 0.324 e. The summed E-state index contributed by atoms with van der Waals surface area (Å²) in [4.78, 5) is 14.6. The predicted octanol–water partition coefficient (Wildman–Crippen LogP) is 4.78. The normalized spacial score (nSPS) is 12.4. The van der Waals surface area contributed by atoms with Gasteiger partial charge in [0.2, 0.25) is 5.91 Å². The van der Waals surface area contributed by atoms with Crippen LogP contribution in [0.1, 0.15) is 50.5 Å². The third-order valence-electron chi connectivity index (χ3n) is 4.52. The number of thioether (sulfide) groups is 1. The van der Waals surface area contributed by atoms with E-state index in [9.17, 15) is 4.79 Å². The number of hydrogen-bond acceptors (Lipinski definition) is 5. The third kappa shape index (κ3) is 5.96. The van der Waals surface area contributed by atoms with Crippen molar-refractivity contribution in [2.45, 2.75) is 57.8 Å². The van der Waals surface area contributed by atoms with Crippen LogP contribution in [0.3, 0.4) is 0 Å². The van der Waals surface area contributed by atoms with Crippen LogP contribution in [0.4, 0.5) is 5.69 Å². The SMILES string of the molecule is CCCCn1c(SCC(=O)Nc2ccc(C)cc2Cl)nnc1C(CC)N(C)C. The minimum Gasteiger partial charge on any atom is -0.324 e. The summed E-state index contributed by atoms with van der Waals surface area (Å²) >= 11 is 7.61. The van der Waals surface area contributed by atoms with E-state index in [0.29, 0.717) is 10.7 Å². The van der Waals surface area contributed by atoms with Crippen LogP contribution >= 0.6 is 23.4 Å². The molecule has 0 aliphatic rings. The number of amides is 1. The maximum Gasteiger partial charge on any atom is 0.234 e. The number of anilines is 1. The predicted molar refractivity (Wildman–Crippen MR) is 117 cm³/mol. The molecule has 0 saturated heterocycles. The molecular formula is C20H30ClN5OS. The van der Waals surface area contributed by atoms with Gasteiger partial charge in [-0.25, -0.2) is 0 Å². The molecule has 1 unspecified atom stereocenters. The number of unbranched alkanes of at least 4 members (excludes halogenated alkanes) is 1. The average molecular weight is 424 g/mol. The van der Waals surface area contributed by atoms with Gasteiger partial charge in [0.1, 0.15) is 0 Å². The number of nitrogens with one attached hydrogen (secondary N) is 1. The van der Waals surface area contributed by atoms with Crippen LogP contribution in [0.25, 0.3) is 0 Å². The van der Waals surface area contributed by atoms with Crippen molar-refractivity contribution in [1.29, 1.82) is 0 Å². The molecule has 1 amide bonds. The molecule has 28 heavy (non-hydrogen) atoms. The molecule has 0 aliphatic carbocycles. The highest BCUT2D eigenvalue weighted by Crippen LogP contribution is 2.27. The van der Waals surface area contributed by atoms with Crippen LogP contribution < -0.4 is 5.32 Å². The molecule has 8 heteroatoms. The highest BCUT2D eigenvalue weighted by Gasteiger charge is 2.22. The van der Waals surface area contributed by atoms with Crippen molar-refractivity contribution in [2.75, 3.05) is 25.2 Å². The fourth-order valence-corrected chi connectivity index (χ4v) is 4.05. The lowest BCUT2D eigenvalue weighted by atomic mass is 10.2. The zero-order valence-corrected chi connectivity index (χ0v) is 18.9. The average Bonchev–Trinajstić information content (AvgIpc) is 3.03. The molecule has 1 N–H and O–H groups in total. The number of carbonyl (C=O) groups is 1. The second-order valence-corrected chi connectivity index (χ2v) is 8.40. The summed E-state index contributed by atoms with van der Waals surface area (Å²) in [7, 11) is 4.11. The molecular weight excluding hydrogens is 394 g/mol. The Labute approximate surface area is 177 Å². The maximum atomic E-state index is 12.4. The van der Waals surface area contributed by atoms with Crippen molar-refractivity contribution in [3.05, 3.63) is 34.6 Å². The van der Waals surface area contributed by atoms with Gasteiger partial charge in [-0.2, -0.15) is 0 Å². The Morgan fingerprint density at radius 2 is 2.07 bits per heavy atom. The van der Waals surface area contributed by atoms with Gasteiger partial charge in [-0.3, -0.25) is 9.69 Å². The second-order valence-electron chi connectivity index (χ2n) is 7.05. The van der Waals surface area contributed by atoms with E-state index >= 15 is 0 Å². The van der Waals surface area contributed by atoms with Crippen molar-refractivity contribution >= 4 is 35.0 Å². The molecule has 0 saturated carbocycles. The van der Waals surface area contributed by atoms with Gasteiger partial charge in [-0.15, -0.1) is 10.2 Å². The van der Waals surface area contributed by atoms with E-state index in [1.807, 2.05) is 25.1 Å². The van der Waals surface area contributed by atoms with Gasteiger partial charge >= 0.3 is 0 Å². The zero-order valence-electron chi connectivity index (χ0n) is 17.3. The number of benzene rings is 1. The monoisotopic (exact) mass is 423 g/mol. The minimum absolute atomic E-state index is 0.109. The summed E-state index contributed by atoms with van der Waals surface area (Å²) in [6.07, 6.45) is 3.09. The lowest BCUT2D eigenvalue weighted by molar-refractivity contribution is -0.113. The highest BCUT2D eigenvalue weighted by molar-refractivity contribution is 7.99. The molecule has 0 bridgehead atoms. The van der Waals surface area contributed by atoms with E-state index in [1.165, 1.54) is 11.8 Å². The molecule has 1 heterocycles. The fourth-order valence-electron chi connectivity index (χ4n) is 3.00. The van der Waals surface area contributed by atoms with Crippen molar-refractivity contribution in [1.82, 2.24) is 19.7 Å². The summed E-state index contributed by atoms with van der Waals surface area (Å²) < 4.78 is 2.16. The number of halogens is 1. The zero-order chi connectivity index (χ0) is 20.7. The maximum absolute atomic E-state index is 12.4. The number of nitrogens with zero attached hydrogens (tertiary/aromatic N) is 4. The van der Waals surface area contributed by atoms with Crippen LogP contribution in [-0.2, 0) is 11.3 Å². The molecule has 0 spiro atoms. The van der Waals surface area contributed by atoms with E-state index in [0.717, 1.165) is 42.4 Å². The van der Waals surface area contributed by atoms with E-state index < -0.39 is 0 Å². The van der Waals surface area contributed by atoms with Crippen LogP contribution in [0, 0.1) is 6.92 Å². The summed E-state index contributed by atoms with van der Waals surface area (Å²) in [5.74, 6) is 1.11. The standard InChI is InChI=1S/C20H30ClN5OS/c1-6-8-11-26-19(17(7-2)25(4)5)23-24-20(26)28-13-18(27)22-16-10-9-14(3)12-15(16)21/h9-10,12,17H,6-8,11,13H2,1-5H3,(H,22,27). The second kappa shape index (κ2) is 10.8. The first kappa shape index (κ1) is 22.7. The molecule has 0 fully saturated rings. The van der Waals surface area contributed by atoms with Crippen molar-refractivity contribution < 1.29 is 4.79 Å². The molecule has 6 nitrogen and oxygen atoms in total. The lowest BCUT2D eigenvalue weighted by Crippen LogP contribution is -2.23. The van der Waals surface area contributed by atoms with Gasteiger partial charge in [0.25, 0.3) is 0 Å². The van der Waals surface area contributed by atoms with E-state index in [1.54, 1.807) is 0 Å². The number of aryl methyl sites for hydroxylation is 1. The number of carbonyl (C=O) groups excluding carboxylic acids is 1. The molecule has 0 aliphatic heterocycles. The Kier molecular flexibility index (Phi) is 8.79. The lowest BCUT2D eigenvalue weighted by Gasteiger charge is -2.23. The summed E-state index contributed by atoms with van der Waals surface area (Å²) in [5, 5.41) is 13.0. The number of hydrogen-bond donors (Lipinski definition) is 1. The van der Waals surface area contributed by atoms with Crippen LogP contribution in [0.2, 0.25) is 5.02 Å². The van der Waals surface area contributed by atoms with Crippen LogP contribution in [0.15, 0.2) is 23.4 Å². The van der Waals surface area contributed by atoms with Crippen molar-refractivity contribution in [3.8, 4) is 0 Å². The quantitative estimate of drug-likeness (QED) is 0.557. The molecule has 2 aromatic rings. The van der Waals surface area contributed by atoms with Gasteiger partial charge < -0.3 is 9.88 Å². The molecule has 1 atom stereocenters. The van der Waals surface area contributed by atoms with Gasteiger partial charge in [0.15, 0.2) is 11.0 Å². The first-order valence-corrected chi connectivity index (χ1v) is 11.0. The third-order valence-corrected chi connectivity index (χ3v) is 5.80. The smallest absolute Gasteiger partial charge is 0.234 e. The Morgan fingerprint density at radius 3 is 2.68 bits per heavy atom. The summed E-state index contributed by atoms with van der Waals surface area (Å²) in [6, 6.07) is 5.79. The fraction of sp³-hybridized carbons (Fsp3) is 0.550. The topological polar surface area (TPSA) is 63.1 Å². The van der Waals surface area contributed by atoms with Crippen LogP contribution in [-0.4, -0.2) is 45.4 Å². The Morgan fingerprint density at radius 1 is 1.32 bits per heavy atom. The van der Waals surface area contributed by atoms with Gasteiger partial charge in [-0.1, -0.05) is 49.7 Å². The van der Waals surface area contributed by atoms with Crippen molar-refractivity contribution in [2.24, 2.45) is 0 Å². The summed E-state index contributed by atoms with van der Waals surface area (Å²) in [5.41, 5.74) is 1.69. The summed E-state index contributed by atoms with van der Waals surface area (Å²) in [6.45, 7) is 7.14. The highest BCUT2D eigenvalue weighted by atomic mass is 35.5. The molecule has 0 radical (unpaired) electrons. The molecule has 1 aromatic carbocycles. The van der Waals surface area contributed by atoms with E-state index in [-0.39, 0.29) is 17.7 Å². The first-order chi connectivity index (χ1) is 13.4. The van der Waals surface area contributed by atoms with Gasteiger partial charge in [0, 0.05) is 6.54 Å². The van der Waals surface area contributed by atoms with E-state index in [4.69, 9.17) is 11.6 Å². The van der Waals surface area contributed by atoms with Gasteiger partial charge in [-0.05, 0) is 51.6 Å². The van der Waals surface area contributed by atoms with Crippen molar-refractivity contribution in [3.63, 3.8) is 0 Å². The molecule has 1 aromatic heterocycles. The molecule has 2 rings (SSSR count). The number of rotatable bonds is 10. The van der Waals surface area contributed by atoms with E-state index in [2.05, 4.69) is 52.9 Å². The first-order valence-electron chi connectivity index (χ1n) is 9.65. The Bertz CT molecular complexity index is 793. The van der Waals surface area contributed by atoms with Gasteiger partial charge in [0.05, 0.1) is 22.5 Å². The minimum atomic E-state index is -0.109. The number of aromatic nitrogens is 3. The van der Waals surface area contributed by atoms with Crippen LogP contribution in [0.5, 0.6) is 0 Å². The molecule has 154 valence electrons. The Balaban J connectivity index is 2.09. The Hall–Kier alpha value is -1.57.